The molecular weight excluding hydrogens is 336 g/mol. The van der Waals surface area contributed by atoms with Gasteiger partial charge in [-0.2, -0.15) is 4.31 Å². The second-order valence-electron chi connectivity index (χ2n) is 4.63. The Morgan fingerprint density at radius 3 is 2.47 bits per heavy atom. The van der Waals surface area contributed by atoms with Crippen molar-refractivity contribution in [1.82, 2.24) is 4.31 Å². The van der Waals surface area contributed by atoms with E-state index in [0.717, 1.165) is 0 Å². The van der Waals surface area contributed by atoms with Crippen molar-refractivity contribution in [1.29, 1.82) is 0 Å². The predicted octanol–water partition coefficient (Wildman–Crippen LogP) is 1.30. The standard InChI is InChI=1S/C11H17BrN2O4S/c1-7-5-14(6-8(2)17-7)19(15,16)10-3-9(4-13)18-11(10)12/h3,7-8H,4-6,13H2,1-2H3/t7-,8+. The zero-order valence-electron chi connectivity index (χ0n) is 10.8. The van der Waals surface area contributed by atoms with Crippen LogP contribution >= 0.6 is 15.9 Å². The molecule has 1 aromatic rings. The van der Waals surface area contributed by atoms with E-state index in [1.165, 1.54) is 10.4 Å². The maximum Gasteiger partial charge on any atom is 0.247 e. The molecule has 1 aliphatic rings. The first-order chi connectivity index (χ1) is 8.84. The first-order valence-corrected chi connectivity index (χ1v) is 8.21. The maximum atomic E-state index is 12.6. The highest BCUT2D eigenvalue weighted by molar-refractivity contribution is 9.10. The van der Waals surface area contributed by atoms with Crippen LogP contribution in [0.25, 0.3) is 0 Å². The normalized spacial score (nSPS) is 25.7. The van der Waals surface area contributed by atoms with Gasteiger partial charge in [-0.25, -0.2) is 8.42 Å². The molecule has 0 aliphatic carbocycles. The van der Waals surface area contributed by atoms with E-state index in [1.807, 2.05) is 13.8 Å². The molecule has 6 nitrogen and oxygen atoms in total. The van der Waals surface area contributed by atoms with Gasteiger partial charge in [0.15, 0.2) is 4.67 Å². The Labute approximate surface area is 121 Å². The second kappa shape index (κ2) is 5.53. The zero-order valence-corrected chi connectivity index (χ0v) is 13.2. The van der Waals surface area contributed by atoms with Crippen LogP contribution in [-0.4, -0.2) is 38.0 Å². The third-order valence-corrected chi connectivity index (χ3v) is 5.60. The van der Waals surface area contributed by atoms with Crippen LogP contribution in [0, 0.1) is 0 Å². The number of furan rings is 1. The van der Waals surface area contributed by atoms with E-state index in [1.54, 1.807) is 0 Å². The van der Waals surface area contributed by atoms with E-state index in [-0.39, 0.29) is 28.3 Å². The second-order valence-corrected chi connectivity index (χ2v) is 7.26. The van der Waals surface area contributed by atoms with Crippen molar-refractivity contribution in [2.24, 2.45) is 5.73 Å². The molecule has 1 aliphatic heterocycles. The molecule has 2 heterocycles. The van der Waals surface area contributed by atoms with E-state index in [9.17, 15) is 8.42 Å². The number of morpholine rings is 1. The van der Waals surface area contributed by atoms with E-state index >= 15 is 0 Å². The fourth-order valence-electron chi connectivity index (χ4n) is 2.14. The van der Waals surface area contributed by atoms with Gasteiger partial charge in [0.05, 0.1) is 18.8 Å². The summed E-state index contributed by atoms with van der Waals surface area (Å²) in [4.78, 5) is 0.120. The number of nitrogens with zero attached hydrogens (tertiary/aromatic N) is 1. The van der Waals surface area contributed by atoms with Crippen molar-refractivity contribution in [3.05, 3.63) is 16.5 Å². The highest BCUT2D eigenvalue weighted by Gasteiger charge is 2.34. The van der Waals surface area contributed by atoms with Gasteiger partial charge in [-0.05, 0) is 29.8 Å². The number of nitrogens with two attached hydrogens (primary N) is 1. The quantitative estimate of drug-likeness (QED) is 0.885. The lowest BCUT2D eigenvalue weighted by Crippen LogP contribution is -2.48. The summed E-state index contributed by atoms with van der Waals surface area (Å²) >= 11 is 3.13. The molecule has 2 atom stereocenters. The summed E-state index contributed by atoms with van der Waals surface area (Å²) in [5.41, 5.74) is 5.45. The lowest BCUT2D eigenvalue weighted by Gasteiger charge is -2.34. The molecule has 0 bridgehead atoms. The zero-order chi connectivity index (χ0) is 14.2. The van der Waals surface area contributed by atoms with Gasteiger partial charge in [-0.15, -0.1) is 0 Å². The molecule has 1 aromatic heterocycles. The molecule has 0 amide bonds. The van der Waals surface area contributed by atoms with Gasteiger partial charge in [0.25, 0.3) is 0 Å². The Morgan fingerprint density at radius 1 is 1.42 bits per heavy atom. The highest BCUT2D eigenvalue weighted by Crippen LogP contribution is 2.30. The summed E-state index contributed by atoms with van der Waals surface area (Å²) in [6.45, 7) is 4.54. The third kappa shape index (κ3) is 3.03. The van der Waals surface area contributed by atoms with E-state index in [4.69, 9.17) is 14.9 Å². The van der Waals surface area contributed by atoms with Crippen LogP contribution in [0.5, 0.6) is 0 Å². The summed E-state index contributed by atoms with van der Waals surface area (Å²) in [5, 5.41) is 0. The van der Waals surface area contributed by atoms with Crippen LogP contribution in [0.15, 0.2) is 20.0 Å². The average molecular weight is 353 g/mol. The molecule has 19 heavy (non-hydrogen) atoms. The third-order valence-electron chi connectivity index (χ3n) is 2.91. The molecular formula is C11H17BrN2O4S. The number of halogens is 1. The summed E-state index contributed by atoms with van der Waals surface area (Å²) in [6, 6.07) is 1.46. The Hall–Kier alpha value is -0.410. The monoisotopic (exact) mass is 352 g/mol. The van der Waals surface area contributed by atoms with Gasteiger partial charge in [0, 0.05) is 19.2 Å². The van der Waals surface area contributed by atoms with Crippen LogP contribution in [0.4, 0.5) is 0 Å². The van der Waals surface area contributed by atoms with Crippen molar-refractivity contribution in [3.63, 3.8) is 0 Å². The van der Waals surface area contributed by atoms with Crippen molar-refractivity contribution >= 4 is 26.0 Å². The number of ether oxygens (including phenoxy) is 1. The van der Waals surface area contributed by atoms with Crippen LogP contribution in [0.3, 0.4) is 0 Å². The molecule has 2 rings (SSSR count). The summed E-state index contributed by atoms with van der Waals surface area (Å²) in [6.07, 6.45) is -0.253. The molecule has 0 unspecified atom stereocenters. The van der Waals surface area contributed by atoms with Crippen LogP contribution < -0.4 is 5.73 Å². The van der Waals surface area contributed by atoms with Gasteiger partial charge in [0.2, 0.25) is 10.0 Å². The van der Waals surface area contributed by atoms with Gasteiger partial charge >= 0.3 is 0 Å². The molecule has 2 N–H and O–H groups in total. The lowest BCUT2D eigenvalue weighted by atomic mass is 10.3. The first kappa shape index (κ1) is 15.0. The summed E-state index contributed by atoms with van der Waals surface area (Å²) in [7, 11) is -3.59. The topological polar surface area (TPSA) is 85.8 Å². The maximum absolute atomic E-state index is 12.6. The Bertz CT molecular complexity index is 547. The minimum atomic E-state index is -3.59. The van der Waals surface area contributed by atoms with Gasteiger partial charge < -0.3 is 14.9 Å². The molecule has 8 heteroatoms. The Balaban J connectivity index is 2.33. The Morgan fingerprint density at radius 2 is 2.00 bits per heavy atom. The van der Waals surface area contributed by atoms with Gasteiger partial charge in [-0.1, -0.05) is 0 Å². The molecule has 0 radical (unpaired) electrons. The smallest absolute Gasteiger partial charge is 0.247 e. The van der Waals surface area contributed by atoms with Crippen LogP contribution in [0.2, 0.25) is 0 Å². The van der Waals surface area contributed by atoms with E-state index in [2.05, 4.69) is 15.9 Å². The van der Waals surface area contributed by atoms with Gasteiger partial charge in [0.1, 0.15) is 10.7 Å². The number of rotatable bonds is 3. The van der Waals surface area contributed by atoms with E-state index in [0.29, 0.717) is 18.8 Å². The fraction of sp³-hybridized carbons (Fsp3) is 0.636. The average Bonchev–Trinajstić information content (AvgIpc) is 2.70. The fourth-order valence-corrected chi connectivity index (χ4v) is 4.69. The first-order valence-electron chi connectivity index (χ1n) is 5.98. The lowest BCUT2D eigenvalue weighted by molar-refractivity contribution is -0.0441. The van der Waals surface area contributed by atoms with Crippen LogP contribution in [-0.2, 0) is 21.3 Å². The molecule has 0 aromatic carbocycles. The highest BCUT2D eigenvalue weighted by atomic mass is 79.9. The van der Waals surface area contributed by atoms with Crippen molar-refractivity contribution in [3.8, 4) is 0 Å². The number of hydrogen-bond donors (Lipinski definition) is 1. The minimum absolute atomic E-state index is 0.120. The van der Waals surface area contributed by atoms with Crippen LogP contribution in [0.1, 0.15) is 19.6 Å². The summed E-state index contributed by atoms with van der Waals surface area (Å²) < 4.78 is 37.5. The van der Waals surface area contributed by atoms with E-state index < -0.39 is 10.0 Å². The molecule has 0 saturated carbocycles. The molecule has 1 fully saturated rings. The van der Waals surface area contributed by atoms with Crippen molar-refractivity contribution in [2.75, 3.05) is 13.1 Å². The molecule has 1 saturated heterocycles. The predicted molar refractivity (Wildman–Crippen MR) is 73.1 cm³/mol. The number of hydrogen-bond acceptors (Lipinski definition) is 5. The largest absolute Gasteiger partial charge is 0.452 e. The minimum Gasteiger partial charge on any atom is -0.452 e. The van der Waals surface area contributed by atoms with Crippen molar-refractivity contribution in [2.45, 2.75) is 37.5 Å². The summed E-state index contributed by atoms with van der Waals surface area (Å²) in [5.74, 6) is 0.430. The number of sulfonamides is 1. The SMILES string of the molecule is C[C@@H]1CN(S(=O)(=O)c2cc(CN)oc2Br)C[C@H](C)O1. The molecule has 108 valence electrons. The van der Waals surface area contributed by atoms with Gasteiger partial charge in [-0.3, -0.25) is 0 Å². The Kier molecular flexibility index (Phi) is 4.36. The molecule has 0 spiro atoms. The van der Waals surface area contributed by atoms with Crippen molar-refractivity contribution < 1.29 is 17.6 Å².